The highest BCUT2D eigenvalue weighted by molar-refractivity contribution is 7.28. The molecule has 0 aliphatic carbocycles. The molecule has 14 heteroatoms. The lowest BCUT2D eigenvalue weighted by Crippen LogP contribution is -2.41. The first-order valence-corrected chi connectivity index (χ1v) is 35.8. The highest BCUT2D eigenvalue weighted by Gasteiger charge is 2.51. The van der Waals surface area contributed by atoms with Gasteiger partial charge in [0.2, 0.25) is 5.28 Å². The molecule has 19 rings (SSSR count). The Morgan fingerprint density at radius 1 is 0.319 bits per heavy atom. The fraction of sp³-hybridized carbons (Fsp3) is 0.0750. The molecule has 1 saturated heterocycles. The quantitative estimate of drug-likeness (QED) is 0.0939. The Bertz CT molecular complexity index is 6030. The molecule has 18 aromatic rings. The van der Waals surface area contributed by atoms with Crippen molar-refractivity contribution in [3.8, 4) is 56.0 Å². The number of nitrogens with zero attached hydrogens (tertiary/aromatic N) is 4. The topological polar surface area (TPSA) is 70.0 Å². The van der Waals surface area contributed by atoms with Gasteiger partial charge in [-0.2, -0.15) is 0 Å². The molecule has 452 valence electrons. The van der Waals surface area contributed by atoms with E-state index >= 15 is 0 Å². The van der Waals surface area contributed by atoms with E-state index in [4.69, 9.17) is 42.5 Å². The van der Waals surface area contributed by atoms with Crippen molar-refractivity contribution in [2.24, 2.45) is 0 Å². The predicted molar refractivity (Wildman–Crippen MR) is 408 cm³/mol. The van der Waals surface area contributed by atoms with Crippen LogP contribution in [0.2, 0.25) is 10.4 Å². The number of thiophene rings is 5. The van der Waals surface area contributed by atoms with Gasteiger partial charge in [0.15, 0.2) is 11.0 Å². The number of halogens is 2. The Balaban J connectivity index is 0.000000129. The first-order valence-electron chi connectivity index (χ1n) is 31.0. The van der Waals surface area contributed by atoms with Crippen molar-refractivity contribution in [1.29, 1.82) is 0 Å². The van der Waals surface area contributed by atoms with Gasteiger partial charge in [0.1, 0.15) is 0 Å². The van der Waals surface area contributed by atoms with Gasteiger partial charge in [-0.3, -0.25) is 0 Å². The zero-order valence-electron chi connectivity index (χ0n) is 51.2. The maximum Gasteiger partial charge on any atom is 0.494 e. The summed E-state index contributed by atoms with van der Waals surface area (Å²) in [4.78, 5) is 18.8. The summed E-state index contributed by atoms with van der Waals surface area (Å²) in [7, 11) is -0.341. The van der Waals surface area contributed by atoms with Crippen LogP contribution in [0.3, 0.4) is 0 Å². The number of hydrogen-bond donors (Lipinski definition) is 0. The van der Waals surface area contributed by atoms with E-state index in [1.54, 1.807) is 22.7 Å². The summed E-state index contributed by atoms with van der Waals surface area (Å²) in [5, 5.41) is 10.7. The number of aromatic nitrogens is 4. The van der Waals surface area contributed by atoms with Gasteiger partial charge < -0.3 is 9.31 Å². The summed E-state index contributed by atoms with van der Waals surface area (Å²) >= 11 is 20.7. The lowest BCUT2D eigenvalue weighted by atomic mass is 9.78. The monoisotopic (exact) mass is 1340 g/mol. The second-order valence-electron chi connectivity index (χ2n) is 24.4. The van der Waals surface area contributed by atoms with E-state index in [-0.39, 0.29) is 23.6 Å². The van der Waals surface area contributed by atoms with Crippen LogP contribution in [-0.4, -0.2) is 38.3 Å². The summed E-state index contributed by atoms with van der Waals surface area (Å²) in [5.41, 5.74) is 12.6. The molecule has 1 fully saturated rings. The van der Waals surface area contributed by atoms with E-state index in [0.29, 0.717) is 5.15 Å². The SMILES string of the molecule is CC1(C)OB(c2cccc(-c3cccc4c3sc3ccccc34)c2)OC1(C)C.Clc1nc(Cl)c2sc3ccccc3c2n1.c1cc(-c2nc(-c3cccc(-c4cccc5c4sc4ccccc45)c3)c3sc4ccccc4c3n2)cc(-c2cccc3c2sc2ccccc23)c1. The standard InChI is InChI=1S/C46H26N2S3.C24H23BO2S.C10H4Cl2N2S/c1-4-22-38-33(15-1)35-20-9-18-31(43(35)49-38)27-11-7-13-29(25-27)41-45-42(37-17-3-6-24-40(37)51-45)48-46(47-41)30-14-8-12-28(26-30)32-19-10-21-36-34-16-2-5-23-39(34)50-44(32)36;1-23(2)24(3,4)27-25(26-23)17-10-7-9-16(15-17)18-12-8-13-20-19-11-5-6-14-21(19)28-22(18)20;11-9-8-7(13-10(12)14-9)5-3-1-2-4-6(5)15-8/h1-26H;5-15H,1-4H3;1-4H. The van der Waals surface area contributed by atoms with Crippen LogP contribution < -0.4 is 5.46 Å². The maximum absolute atomic E-state index is 6.26. The van der Waals surface area contributed by atoms with Gasteiger partial charge in [-0.05, 0) is 121 Å². The third-order valence-corrected chi connectivity index (χ3v) is 24.7. The molecule has 7 aromatic heterocycles. The molecule has 0 N–H and O–H groups in total. The zero-order chi connectivity index (χ0) is 63.4. The van der Waals surface area contributed by atoms with Crippen LogP contribution in [0.1, 0.15) is 27.7 Å². The van der Waals surface area contributed by atoms with Crippen molar-refractivity contribution in [3.05, 3.63) is 259 Å². The van der Waals surface area contributed by atoms with Crippen molar-refractivity contribution in [1.82, 2.24) is 19.9 Å². The second kappa shape index (κ2) is 23.6. The number of rotatable bonds is 6. The van der Waals surface area contributed by atoms with E-state index in [9.17, 15) is 0 Å². The summed E-state index contributed by atoms with van der Waals surface area (Å²) in [6.45, 7) is 8.37. The summed E-state index contributed by atoms with van der Waals surface area (Å²) < 4.78 is 24.8. The van der Waals surface area contributed by atoms with Crippen LogP contribution in [0, 0.1) is 0 Å². The largest absolute Gasteiger partial charge is 0.494 e. The van der Waals surface area contributed by atoms with Crippen LogP contribution in [0.25, 0.3) is 157 Å². The molecule has 0 spiro atoms. The molecule has 6 nitrogen and oxygen atoms in total. The average Bonchev–Trinajstić information content (AvgIpc) is 1.60. The fourth-order valence-corrected chi connectivity index (χ4v) is 19.3. The summed E-state index contributed by atoms with van der Waals surface area (Å²) in [5.74, 6) is 0.739. The van der Waals surface area contributed by atoms with E-state index in [0.717, 1.165) is 58.6 Å². The van der Waals surface area contributed by atoms with Crippen LogP contribution in [0.4, 0.5) is 0 Å². The molecular weight excluding hydrogens is 1290 g/mol. The Morgan fingerprint density at radius 3 is 1.18 bits per heavy atom. The molecule has 94 heavy (non-hydrogen) atoms. The molecule has 0 atom stereocenters. The first kappa shape index (κ1) is 59.0. The third kappa shape index (κ3) is 10.4. The minimum Gasteiger partial charge on any atom is -0.399 e. The van der Waals surface area contributed by atoms with Crippen molar-refractivity contribution in [3.63, 3.8) is 0 Å². The normalized spacial score (nSPS) is 13.7. The third-order valence-electron chi connectivity index (χ3n) is 18.2. The highest BCUT2D eigenvalue weighted by Crippen LogP contribution is 2.47. The van der Waals surface area contributed by atoms with Crippen LogP contribution in [-0.2, 0) is 9.31 Å². The average molecular weight is 1340 g/mol. The van der Waals surface area contributed by atoms with Crippen molar-refractivity contribution in [2.75, 3.05) is 0 Å². The lowest BCUT2D eigenvalue weighted by molar-refractivity contribution is 0.00578. The van der Waals surface area contributed by atoms with Crippen molar-refractivity contribution in [2.45, 2.75) is 38.9 Å². The molecule has 0 unspecified atom stereocenters. The number of hydrogen-bond acceptors (Lipinski definition) is 11. The Kier molecular flexibility index (Phi) is 14.8. The maximum atomic E-state index is 6.26. The van der Waals surface area contributed by atoms with E-state index in [1.807, 2.05) is 58.3 Å². The van der Waals surface area contributed by atoms with Gasteiger partial charge in [-0.25, -0.2) is 19.9 Å². The minimum atomic E-state index is -0.341. The lowest BCUT2D eigenvalue weighted by Gasteiger charge is -2.32. The van der Waals surface area contributed by atoms with Gasteiger partial charge in [0.25, 0.3) is 0 Å². The Morgan fingerprint density at radius 2 is 0.681 bits per heavy atom. The summed E-state index contributed by atoms with van der Waals surface area (Å²) in [6.07, 6.45) is 0. The van der Waals surface area contributed by atoms with Gasteiger partial charge in [-0.1, -0.05) is 218 Å². The van der Waals surface area contributed by atoms with Crippen LogP contribution >= 0.6 is 79.9 Å². The highest BCUT2D eigenvalue weighted by atomic mass is 35.5. The van der Waals surface area contributed by atoms with Gasteiger partial charge in [-0.15, -0.1) is 56.7 Å². The number of benzene rings is 11. The molecule has 0 amide bonds. The smallest absolute Gasteiger partial charge is 0.399 e. The van der Waals surface area contributed by atoms with E-state index < -0.39 is 0 Å². The van der Waals surface area contributed by atoms with Crippen molar-refractivity contribution < 1.29 is 9.31 Å². The molecule has 1 aliphatic heterocycles. The first-order chi connectivity index (χ1) is 45.9. The minimum absolute atomic E-state index is 0.191. The molecule has 8 heterocycles. The van der Waals surface area contributed by atoms with Crippen molar-refractivity contribution >= 4 is 194 Å². The second-order valence-corrected chi connectivity index (χ2v) is 30.4. The van der Waals surface area contributed by atoms with Crippen LogP contribution in [0.5, 0.6) is 0 Å². The summed E-state index contributed by atoms with van der Waals surface area (Å²) in [6, 6.07) is 88.8. The zero-order valence-corrected chi connectivity index (χ0v) is 56.7. The molecule has 0 radical (unpaired) electrons. The Labute approximate surface area is 572 Å². The van der Waals surface area contributed by atoms with Crippen LogP contribution in [0.15, 0.2) is 249 Å². The fourth-order valence-electron chi connectivity index (χ4n) is 12.9. The van der Waals surface area contributed by atoms with E-state index in [1.165, 1.54) is 104 Å². The Hall–Kier alpha value is -8.76. The molecular formula is C80H53BCl2N4O2S5. The van der Waals surface area contributed by atoms with E-state index in [2.05, 4.69) is 262 Å². The molecule has 11 aromatic carbocycles. The predicted octanol–water partition coefficient (Wildman–Crippen LogP) is 24.4. The van der Waals surface area contributed by atoms with Gasteiger partial charge in [0.05, 0.1) is 37.3 Å². The molecule has 0 bridgehead atoms. The number of fused-ring (bicyclic) bond motifs is 15. The molecule has 0 saturated carbocycles. The van der Waals surface area contributed by atoms with Gasteiger partial charge >= 0.3 is 7.12 Å². The molecule has 1 aliphatic rings. The van der Waals surface area contributed by atoms with Gasteiger partial charge in [0, 0.05) is 91.8 Å².